The van der Waals surface area contributed by atoms with Crippen LogP contribution in [0.15, 0.2) is 24.3 Å². The Morgan fingerprint density at radius 1 is 1.33 bits per heavy atom. The fourth-order valence-electron chi connectivity index (χ4n) is 2.33. The van der Waals surface area contributed by atoms with Crippen LogP contribution < -0.4 is 5.32 Å². The molecule has 0 aromatic heterocycles. The standard InChI is InChI=1S/C15H22N2O/c1-12-7-9-17(10-8-12)11-15(18)16-14-6-4-3-5-13(14)2/h3-6,12H,7-11H2,1-2H3,(H,16,18). The lowest BCUT2D eigenvalue weighted by atomic mass is 9.99. The van der Waals surface area contributed by atoms with Gasteiger partial charge in [0.1, 0.15) is 0 Å². The molecule has 0 aliphatic carbocycles. The van der Waals surface area contributed by atoms with Gasteiger partial charge in [0.15, 0.2) is 0 Å². The summed E-state index contributed by atoms with van der Waals surface area (Å²) < 4.78 is 0. The van der Waals surface area contributed by atoms with E-state index in [9.17, 15) is 4.79 Å². The minimum atomic E-state index is 0.0962. The Labute approximate surface area is 109 Å². The van der Waals surface area contributed by atoms with Crippen LogP contribution >= 0.6 is 0 Å². The number of nitrogens with zero attached hydrogens (tertiary/aromatic N) is 1. The molecule has 0 bridgehead atoms. The van der Waals surface area contributed by atoms with E-state index in [4.69, 9.17) is 0 Å². The van der Waals surface area contributed by atoms with E-state index in [-0.39, 0.29) is 5.91 Å². The van der Waals surface area contributed by atoms with E-state index in [1.165, 1.54) is 12.8 Å². The van der Waals surface area contributed by atoms with Crippen molar-refractivity contribution < 1.29 is 4.79 Å². The predicted octanol–water partition coefficient (Wildman–Crippen LogP) is 2.67. The van der Waals surface area contributed by atoms with E-state index < -0.39 is 0 Å². The zero-order valence-corrected chi connectivity index (χ0v) is 11.3. The predicted molar refractivity (Wildman–Crippen MR) is 74.6 cm³/mol. The average molecular weight is 246 g/mol. The van der Waals surface area contributed by atoms with Gasteiger partial charge in [-0.3, -0.25) is 9.69 Å². The lowest BCUT2D eigenvalue weighted by Gasteiger charge is -2.29. The number of carbonyl (C=O) groups is 1. The molecule has 1 aromatic carbocycles. The summed E-state index contributed by atoms with van der Waals surface area (Å²) in [5, 5.41) is 2.99. The first-order valence-electron chi connectivity index (χ1n) is 6.73. The smallest absolute Gasteiger partial charge is 0.238 e. The lowest BCUT2D eigenvalue weighted by molar-refractivity contribution is -0.117. The van der Waals surface area contributed by atoms with Gasteiger partial charge in [-0.2, -0.15) is 0 Å². The number of piperidine rings is 1. The monoisotopic (exact) mass is 246 g/mol. The number of anilines is 1. The number of para-hydroxylation sites is 1. The van der Waals surface area contributed by atoms with Gasteiger partial charge in [-0.05, 0) is 50.4 Å². The quantitative estimate of drug-likeness (QED) is 0.889. The summed E-state index contributed by atoms with van der Waals surface area (Å²) in [7, 11) is 0. The molecule has 18 heavy (non-hydrogen) atoms. The largest absolute Gasteiger partial charge is 0.325 e. The van der Waals surface area contributed by atoms with Crippen LogP contribution in [0.5, 0.6) is 0 Å². The van der Waals surface area contributed by atoms with Crippen LogP contribution in [0.25, 0.3) is 0 Å². The lowest BCUT2D eigenvalue weighted by Crippen LogP contribution is -2.38. The fraction of sp³-hybridized carbons (Fsp3) is 0.533. The van der Waals surface area contributed by atoms with E-state index in [2.05, 4.69) is 17.1 Å². The average Bonchev–Trinajstić information content (AvgIpc) is 2.35. The zero-order chi connectivity index (χ0) is 13.0. The first-order valence-corrected chi connectivity index (χ1v) is 6.73. The molecular weight excluding hydrogens is 224 g/mol. The number of rotatable bonds is 3. The second-order valence-corrected chi connectivity index (χ2v) is 5.32. The Hall–Kier alpha value is -1.35. The number of aryl methyl sites for hydroxylation is 1. The van der Waals surface area contributed by atoms with Crippen LogP contribution in [0.3, 0.4) is 0 Å². The van der Waals surface area contributed by atoms with E-state index in [0.29, 0.717) is 6.54 Å². The van der Waals surface area contributed by atoms with E-state index in [1.54, 1.807) is 0 Å². The molecule has 3 nitrogen and oxygen atoms in total. The van der Waals surface area contributed by atoms with Crippen LogP contribution in [0.2, 0.25) is 0 Å². The Bertz CT molecular complexity index is 409. The Balaban J connectivity index is 1.84. The fourth-order valence-corrected chi connectivity index (χ4v) is 2.33. The number of carbonyl (C=O) groups excluding carboxylic acids is 1. The van der Waals surface area contributed by atoms with Gasteiger partial charge in [0.2, 0.25) is 5.91 Å². The third-order valence-corrected chi connectivity index (χ3v) is 3.66. The van der Waals surface area contributed by atoms with Crippen molar-refractivity contribution in [1.29, 1.82) is 0 Å². The van der Waals surface area contributed by atoms with Crippen LogP contribution in [0, 0.1) is 12.8 Å². The Kier molecular flexibility index (Phi) is 4.37. The van der Waals surface area contributed by atoms with Crippen molar-refractivity contribution in [2.24, 2.45) is 5.92 Å². The summed E-state index contributed by atoms with van der Waals surface area (Å²) in [5.74, 6) is 0.902. The molecule has 1 saturated heterocycles. The van der Waals surface area contributed by atoms with Crippen molar-refractivity contribution in [3.63, 3.8) is 0 Å². The third-order valence-electron chi connectivity index (χ3n) is 3.66. The van der Waals surface area contributed by atoms with Gasteiger partial charge < -0.3 is 5.32 Å². The van der Waals surface area contributed by atoms with Gasteiger partial charge in [0.25, 0.3) is 0 Å². The highest BCUT2D eigenvalue weighted by atomic mass is 16.2. The van der Waals surface area contributed by atoms with Gasteiger partial charge in [-0.1, -0.05) is 25.1 Å². The first kappa shape index (κ1) is 13.1. The van der Waals surface area contributed by atoms with Crippen molar-refractivity contribution >= 4 is 11.6 Å². The highest BCUT2D eigenvalue weighted by Crippen LogP contribution is 2.16. The second kappa shape index (κ2) is 6.01. The summed E-state index contributed by atoms with van der Waals surface area (Å²) >= 11 is 0. The molecule has 0 radical (unpaired) electrons. The summed E-state index contributed by atoms with van der Waals surface area (Å²) in [5.41, 5.74) is 2.03. The van der Waals surface area contributed by atoms with E-state index >= 15 is 0 Å². The maximum atomic E-state index is 12.0. The molecule has 1 N–H and O–H groups in total. The molecule has 0 atom stereocenters. The molecule has 2 rings (SSSR count). The van der Waals surface area contributed by atoms with Gasteiger partial charge in [0, 0.05) is 5.69 Å². The first-order chi connectivity index (χ1) is 8.65. The summed E-state index contributed by atoms with van der Waals surface area (Å²) in [6, 6.07) is 7.89. The molecule has 1 aromatic rings. The summed E-state index contributed by atoms with van der Waals surface area (Å²) in [6.07, 6.45) is 2.41. The molecule has 0 unspecified atom stereocenters. The Morgan fingerprint density at radius 2 is 2.00 bits per heavy atom. The van der Waals surface area contributed by atoms with Gasteiger partial charge >= 0.3 is 0 Å². The van der Waals surface area contributed by atoms with Crippen molar-refractivity contribution in [1.82, 2.24) is 4.90 Å². The molecule has 1 fully saturated rings. The van der Waals surface area contributed by atoms with Crippen molar-refractivity contribution in [2.45, 2.75) is 26.7 Å². The maximum absolute atomic E-state index is 12.0. The van der Waals surface area contributed by atoms with Crippen LogP contribution in [-0.4, -0.2) is 30.4 Å². The van der Waals surface area contributed by atoms with E-state index in [1.807, 2.05) is 31.2 Å². The molecule has 1 aliphatic heterocycles. The van der Waals surface area contributed by atoms with Crippen LogP contribution in [0.4, 0.5) is 5.69 Å². The second-order valence-electron chi connectivity index (χ2n) is 5.32. The normalized spacial score (nSPS) is 17.7. The number of nitrogens with one attached hydrogen (secondary N) is 1. The zero-order valence-electron chi connectivity index (χ0n) is 11.3. The Morgan fingerprint density at radius 3 is 2.67 bits per heavy atom. The van der Waals surface area contributed by atoms with Crippen molar-refractivity contribution in [2.75, 3.05) is 25.0 Å². The topological polar surface area (TPSA) is 32.3 Å². The number of hydrogen-bond donors (Lipinski definition) is 1. The van der Waals surface area contributed by atoms with Crippen LogP contribution in [-0.2, 0) is 4.79 Å². The molecule has 0 spiro atoms. The van der Waals surface area contributed by atoms with Gasteiger partial charge in [0.05, 0.1) is 6.54 Å². The number of benzene rings is 1. The minimum absolute atomic E-state index is 0.0962. The number of hydrogen-bond acceptors (Lipinski definition) is 2. The van der Waals surface area contributed by atoms with Gasteiger partial charge in [-0.15, -0.1) is 0 Å². The van der Waals surface area contributed by atoms with Crippen molar-refractivity contribution in [3.8, 4) is 0 Å². The van der Waals surface area contributed by atoms with Gasteiger partial charge in [-0.25, -0.2) is 0 Å². The van der Waals surface area contributed by atoms with Crippen LogP contribution in [0.1, 0.15) is 25.3 Å². The summed E-state index contributed by atoms with van der Waals surface area (Å²) in [4.78, 5) is 14.2. The van der Waals surface area contributed by atoms with Crippen molar-refractivity contribution in [3.05, 3.63) is 29.8 Å². The third kappa shape index (κ3) is 3.57. The number of likely N-dealkylation sites (tertiary alicyclic amines) is 1. The molecular formula is C15H22N2O. The minimum Gasteiger partial charge on any atom is -0.325 e. The number of amides is 1. The molecule has 1 heterocycles. The molecule has 0 saturated carbocycles. The SMILES string of the molecule is Cc1ccccc1NC(=O)CN1CCC(C)CC1. The summed E-state index contributed by atoms with van der Waals surface area (Å²) in [6.45, 7) is 6.90. The highest BCUT2D eigenvalue weighted by molar-refractivity contribution is 5.92. The van der Waals surface area contributed by atoms with E-state index in [0.717, 1.165) is 30.3 Å². The molecule has 98 valence electrons. The molecule has 3 heteroatoms. The highest BCUT2D eigenvalue weighted by Gasteiger charge is 2.17. The maximum Gasteiger partial charge on any atom is 0.238 e. The molecule has 1 aliphatic rings. The molecule has 1 amide bonds.